The molecule has 1 aromatic heterocycles. The molecule has 1 aliphatic rings. The zero-order chi connectivity index (χ0) is 11.7. The SMILES string of the molecule is CC1CCC(C)N(C(=O)c2csc(Br)c2)C1. The van der Waals surface area contributed by atoms with E-state index in [1.807, 2.05) is 16.3 Å². The summed E-state index contributed by atoms with van der Waals surface area (Å²) >= 11 is 4.97. The summed E-state index contributed by atoms with van der Waals surface area (Å²) in [6.45, 7) is 5.26. The molecule has 2 atom stereocenters. The molecule has 0 aliphatic carbocycles. The third-order valence-corrected chi connectivity index (χ3v) is 4.70. The van der Waals surface area contributed by atoms with Crippen LogP contribution in [0.25, 0.3) is 0 Å². The van der Waals surface area contributed by atoms with Crippen molar-refractivity contribution in [2.24, 2.45) is 5.92 Å². The van der Waals surface area contributed by atoms with Crippen LogP contribution in [0.2, 0.25) is 0 Å². The minimum Gasteiger partial charge on any atom is -0.336 e. The maximum absolute atomic E-state index is 12.3. The summed E-state index contributed by atoms with van der Waals surface area (Å²) < 4.78 is 1.02. The smallest absolute Gasteiger partial charge is 0.254 e. The molecule has 1 saturated heterocycles. The molecule has 0 spiro atoms. The molecular weight excluding hydrogens is 286 g/mol. The van der Waals surface area contributed by atoms with Gasteiger partial charge in [-0.05, 0) is 47.7 Å². The lowest BCUT2D eigenvalue weighted by molar-refractivity contribution is 0.0574. The molecule has 2 heterocycles. The van der Waals surface area contributed by atoms with Gasteiger partial charge in [-0.1, -0.05) is 6.92 Å². The van der Waals surface area contributed by atoms with Crippen molar-refractivity contribution < 1.29 is 4.79 Å². The number of halogens is 1. The Morgan fingerprint density at radius 2 is 2.25 bits per heavy atom. The Hall–Kier alpha value is -0.350. The zero-order valence-corrected chi connectivity index (χ0v) is 12.0. The van der Waals surface area contributed by atoms with Gasteiger partial charge >= 0.3 is 0 Å². The highest BCUT2D eigenvalue weighted by molar-refractivity contribution is 9.11. The van der Waals surface area contributed by atoms with Gasteiger partial charge in [0.2, 0.25) is 0 Å². The number of hydrogen-bond acceptors (Lipinski definition) is 2. The van der Waals surface area contributed by atoms with E-state index in [1.54, 1.807) is 11.3 Å². The highest BCUT2D eigenvalue weighted by Gasteiger charge is 2.27. The zero-order valence-electron chi connectivity index (χ0n) is 9.57. The molecule has 0 N–H and O–H groups in total. The Bertz CT molecular complexity index is 390. The van der Waals surface area contributed by atoms with Crippen LogP contribution in [0.5, 0.6) is 0 Å². The van der Waals surface area contributed by atoms with Gasteiger partial charge in [0.25, 0.3) is 5.91 Å². The lowest BCUT2D eigenvalue weighted by Crippen LogP contribution is -2.44. The predicted octanol–water partition coefficient (Wildman–Crippen LogP) is 3.77. The summed E-state index contributed by atoms with van der Waals surface area (Å²) in [4.78, 5) is 14.3. The molecule has 16 heavy (non-hydrogen) atoms. The van der Waals surface area contributed by atoms with Crippen molar-refractivity contribution in [2.75, 3.05) is 6.54 Å². The standard InChI is InChI=1S/C12H16BrNOS/c1-8-3-4-9(2)14(6-8)12(15)10-5-11(13)16-7-10/h5,7-9H,3-4,6H2,1-2H3. The van der Waals surface area contributed by atoms with E-state index in [4.69, 9.17) is 0 Å². The Morgan fingerprint density at radius 1 is 1.50 bits per heavy atom. The third-order valence-electron chi connectivity index (χ3n) is 3.19. The summed E-state index contributed by atoms with van der Waals surface area (Å²) in [5, 5.41) is 1.93. The number of piperidine rings is 1. The molecule has 4 heteroatoms. The summed E-state index contributed by atoms with van der Waals surface area (Å²) in [6, 6.07) is 2.29. The monoisotopic (exact) mass is 301 g/mol. The fraction of sp³-hybridized carbons (Fsp3) is 0.583. The van der Waals surface area contributed by atoms with E-state index in [0.717, 1.165) is 22.3 Å². The number of amides is 1. The van der Waals surface area contributed by atoms with Gasteiger partial charge < -0.3 is 4.90 Å². The molecule has 0 radical (unpaired) electrons. The van der Waals surface area contributed by atoms with Gasteiger partial charge in [0.15, 0.2) is 0 Å². The van der Waals surface area contributed by atoms with Crippen LogP contribution in [-0.2, 0) is 0 Å². The van der Waals surface area contributed by atoms with Crippen LogP contribution in [0.3, 0.4) is 0 Å². The molecule has 1 amide bonds. The van der Waals surface area contributed by atoms with E-state index in [-0.39, 0.29) is 5.91 Å². The first-order chi connectivity index (χ1) is 7.58. The Kier molecular flexibility index (Phi) is 3.70. The average Bonchev–Trinajstić information content (AvgIpc) is 2.67. The molecular formula is C12H16BrNOS. The molecule has 1 fully saturated rings. The number of nitrogens with zero attached hydrogens (tertiary/aromatic N) is 1. The van der Waals surface area contributed by atoms with Crippen LogP contribution in [0, 0.1) is 5.92 Å². The van der Waals surface area contributed by atoms with Crippen molar-refractivity contribution >= 4 is 33.2 Å². The van der Waals surface area contributed by atoms with E-state index >= 15 is 0 Å². The van der Waals surface area contributed by atoms with E-state index in [1.165, 1.54) is 6.42 Å². The van der Waals surface area contributed by atoms with Crippen LogP contribution in [0.1, 0.15) is 37.0 Å². The second-order valence-corrected chi connectivity index (χ2v) is 6.92. The van der Waals surface area contributed by atoms with Crippen molar-refractivity contribution in [1.29, 1.82) is 0 Å². The second-order valence-electron chi connectivity index (χ2n) is 4.63. The lowest BCUT2D eigenvalue weighted by Gasteiger charge is -2.36. The minimum atomic E-state index is 0.181. The van der Waals surface area contributed by atoms with Crippen molar-refractivity contribution in [3.63, 3.8) is 0 Å². The maximum Gasteiger partial charge on any atom is 0.254 e. The maximum atomic E-state index is 12.3. The van der Waals surface area contributed by atoms with E-state index in [9.17, 15) is 4.79 Å². The first-order valence-corrected chi connectivity index (χ1v) is 7.30. The van der Waals surface area contributed by atoms with Crippen LogP contribution in [0.15, 0.2) is 15.2 Å². The number of carbonyl (C=O) groups is 1. The van der Waals surface area contributed by atoms with Crippen molar-refractivity contribution in [2.45, 2.75) is 32.7 Å². The highest BCUT2D eigenvalue weighted by Crippen LogP contribution is 2.26. The van der Waals surface area contributed by atoms with E-state index < -0.39 is 0 Å². The van der Waals surface area contributed by atoms with Crippen molar-refractivity contribution in [1.82, 2.24) is 4.90 Å². The largest absolute Gasteiger partial charge is 0.336 e. The molecule has 0 aromatic carbocycles. The predicted molar refractivity (Wildman–Crippen MR) is 70.9 cm³/mol. The molecule has 0 saturated carbocycles. The van der Waals surface area contributed by atoms with Crippen LogP contribution >= 0.6 is 27.3 Å². The number of carbonyl (C=O) groups excluding carboxylic acids is 1. The number of rotatable bonds is 1. The first kappa shape index (κ1) is 12.1. The number of likely N-dealkylation sites (tertiary alicyclic amines) is 1. The Labute approximate surface area is 109 Å². The van der Waals surface area contributed by atoms with Gasteiger partial charge in [-0.2, -0.15) is 0 Å². The van der Waals surface area contributed by atoms with Gasteiger partial charge in [-0.25, -0.2) is 0 Å². The number of hydrogen-bond donors (Lipinski definition) is 0. The fourth-order valence-electron chi connectivity index (χ4n) is 2.16. The van der Waals surface area contributed by atoms with Crippen LogP contribution in [-0.4, -0.2) is 23.4 Å². The third kappa shape index (κ3) is 2.48. The number of thiophene rings is 1. The van der Waals surface area contributed by atoms with Gasteiger partial charge in [-0.3, -0.25) is 4.79 Å². The van der Waals surface area contributed by atoms with E-state index in [2.05, 4.69) is 29.8 Å². The highest BCUT2D eigenvalue weighted by atomic mass is 79.9. The van der Waals surface area contributed by atoms with Gasteiger partial charge in [0, 0.05) is 18.0 Å². The first-order valence-electron chi connectivity index (χ1n) is 5.63. The van der Waals surface area contributed by atoms with Crippen LogP contribution < -0.4 is 0 Å². The molecule has 0 bridgehead atoms. The van der Waals surface area contributed by atoms with Gasteiger partial charge in [0.05, 0.1) is 9.35 Å². The summed E-state index contributed by atoms with van der Waals surface area (Å²) in [5.41, 5.74) is 0.817. The van der Waals surface area contributed by atoms with Crippen LogP contribution in [0.4, 0.5) is 0 Å². The molecule has 1 aliphatic heterocycles. The van der Waals surface area contributed by atoms with Crippen molar-refractivity contribution in [3.05, 3.63) is 20.8 Å². The summed E-state index contributed by atoms with van der Waals surface area (Å²) in [5.74, 6) is 0.809. The summed E-state index contributed by atoms with van der Waals surface area (Å²) in [7, 11) is 0. The molecule has 1 aromatic rings. The minimum absolute atomic E-state index is 0.181. The van der Waals surface area contributed by atoms with Gasteiger partial charge in [-0.15, -0.1) is 11.3 Å². The van der Waals surface area contributed by atoms with E-state index in [0.29, 0.717) is 12.0 Å². The summed E-state index contributed by atoms with van der Waals surface area (Å²) in [6.07, 6.45) is 2.36. The van der Waals surface area contributed by atoms with Crippen molar-refractivity contribution in [3.8, 4) is 0 Å². The lowest BCUT2D eigenvalue weighted by atomic mass is 9.94. The molecule has 88 valence electrons. The normalized spacial score (nSPS) is 25.8. The Morgan fingerprint density at radius 3 is 2.88 bits per heavy atom. The van der Waals surface area contributed by atoms with Gasteiger partial charge in [0.1, 0.15) is 0 Å². The quantitative estimate of drug-likeness (QED) is 0.773. The second kappa shape index (κ2) is 4.88. The fourth-order valence-corrected chi connectivity index (χ4v) is 3.29. The molecule has 2 unspecified atom stereocenters. The average molecular weight is 302 g/mol. The molecule has 2 rings (SSSR count). The molecule has 2 nitrogen and oxygen atoms in total. The Balaban J connectivity index is 2.14. The topological polar surface area (TPSA) is 20.3 Å².